The maximum Gasteiger partial charge on any atom is 0.248 e. The highest BCUT2D eigenvalue weighted by molar-refractivity contribution is 14.1. The van der Waals surface area contributed by atoms with Crippen molar-refractivity contribution in [1.82, 2.24) is 24.6 Å². The second-order valence-electron chi connectivity index (χ2n) is 5.86. The first-order chi connectivity index (χ1) is 12.5. The zero-order valence-corrected chi connectivity index (χ0v) is 16.5. The van der Waals surface area contributed by atoms with Gasteiger partial charge in [-0.25, -0.2) is 14.6 Å². The number of hydrogen-bond donors (Lipinski definition) is 2. The normalized spacial score (nSPS) is 11.5. The SMILES string of the molecule is CN(C)C/C=C/C(=O)Nc1ccc(-n2nc(I)c3c(N)ncnc32)cc1. The molecule has 9 heteroatoms. The van der Waals surface area contributed by atoms with Gasteiger partial charge in [0.05, 0.1) is 11.1 Å². The third kappa shape index (κ3) is 3.99. The van der Waals surface area contributed by atoms with Crippen LogP contribution >= 0.6 is 22.6 Å². The molecule has 8 nitrogen and oxygen atoms in total. The van der Waals surface area contributed by atoms with Crippen molar-refractivity contribution in [2.24, 2.45) is 0 Å². The van der Waals surface area contributed by atoms with Crippen LogP contribution in [0.15, 0.2) is 42.7 Å². The summed E-state index contributed by atoms with van der Waals surface area (Å²) in [4.78, 5) is 22.2. The van der Waals surface area contributed by atoms with Crippen molar-refractivity contribution in [1.29, 1.82) is 0 Å². The lowest BCUT2D eigenvalue weighted by atomic mass is 10.2. The van der Waals surface area contributed by atoms with Crippen molar-refractivity contribution >= 4 is 51.0 Å². The fourth-order valence-electron chi connectivity index (χ4n) is 2.35. The van der Waals surface area contributed by atoms with E-state index in [4.69, 9.17) is 5.73 Å². The smallest absolute Gasteiger partial charge is 0.248 e. The van der Waals surface area contributed by atoms with Crippen LogP contribution in [0.2, 0.25) is 0 Å². The Morgan fingerprint density at radius 3 is 2.73 bits per heavy atom. The summed E-state index contributed by atoms with van der Waals surface area (Å²) in [5, 5.41) is 8.04. The molecule has 0 aliphatic rings. The second kappa shape index (κ2) is 7.79. The second-order valence-corrected chi connectivity index (χ2v) is 6.88. The third-order valence-corrected chi connectivity index (χ3v) is 4.33. The number of nitrogen functional groups attached to an aromatic ring is 1. The van der Waals surface area contributed by atoms with Gasteiger partial charge in [0.15, 0.2) is 5.65 Å². The van der Waals surface area contributed by atoms with Crippen LogP contribution in [0.5, 0.6) is 0 Å². The number of likely N-dealkylation sites (N-methyl/N-ethyl adjacent to an activating group) is 1. The fraction of sp³-hybridized carbons (Fsp3) is 0.176. The average Bonchev–Trinajstić information content (AvgIpc) is 2.93. The minimum Gasteiger partial charge on any atom is -0.383 e. The number of anilines is 2. The molecule has 134 valence electrons. The van der Waals surface area contributed by atoms with E-state index in [2.05, 4.69) is 43.0 Å². The number of aromatic nitrogens is 4. The molecule has 0 atom stereocenters. The highest BCUT2D eigenvalue weighted by Gasteiger charge is 2.14. The standard InChI is InChI=1S/C17H18IN7O/c1-24(2)9-3-4-13(26)22-11-5-7-12(8-6-11)25-17-14(15(18)23-25)16(19)20-10-21-17/h3-8,10H,9H2,1-2H3,(H,22,26)(H2,19,20,21)/b4-3+. The van der Waals surface area contributed by atoms with Crippen LogP contribution in [-0.2, 0) is 4.79 Å². The number of amides is 1. The number of nitrogens with zero attached hydrogens (tertiary/aromatic N) is 5. The molecule has 2 aromatic heterocycles. The predicted octanol–water partition coefficient (Wildman–Crippen LogP) is 2.06. The first kappa shape index (κ1) is 18.3. The van der Waals surface area contributed by atoms with Crippen molar-refractivity contribution in [3.63, 3.8) is 0 Å². The Kier molecular flexibility index (Phi) is 5.47. The molecule has 0 aliphatic heterocycles. The van der Waals surface area contributed by atoms with Gasteiger partial charge in [0.25, 0.3) is 0 Å². The summed E-state index contributed by atoms with van der Waals surface area (Å²) >= 11 is 2.11. The molecular weight excluding hydrogens is 445 g/mol. The Morgan fingerprint density at radius 2 is 2.04 bits per heavy atom. The number of carbonyl (C=O) groups is 1. The molecule has 0 fully saturated rings. The zero-order valence-electron chi connectivity index (χ0n) is 14.3. The molecular formula is C17H18IN7O. The molecule has 1 amide bonds. The largest absolute Gasteiger partial charge is 0.383 e. The van der Waals surface area contributed by atoms with Crippen LogP contribution in [-0.4, -0.2) is 51.2 Å². The summed E-state index contributed by atoms with van der Waals surface area (Å²) < 4.78 is 2.44. The van der Waals surface area contributed by atoms with E-state index < -0.39 is 0 Å². The van der Waals surface area contributed by atoms with Gasteiger partial charge in [0.2, 0.25) is 5.91 Å². The summed E-state index contributed by atoms with van der Waals surface area (Å²) in [6.45, 7) is 0.711. The first-order valence-corrected chi connectivity index (χ1v) is 8.91. The zero-order chi connectivity index (χ0) is 18.7. The lowest BCUT2D eigenvalue weighted by Crippen LogP contribution is -2.12. The molecule has 0 radical (unpaired) electrons. The Morgan fingerprint density at radius 1 is 1.31 bits per heavy atom. The molecule has 0 saturated carbocycles. The fourth-order valence-corrected chi connectivity index (χ4v) is 3.09. The number of halogens is 1. The maximum atomic E-state index is 11.9. The van der Waals surface area contributed by atoms with Crippen molar-refractivity contribution in [2.75, 3.05) is 31.7 Å². The van der Waals surface area contributed by atoms with Gasteiger partial charge >= 0.3 is 0 Å². The van der Waals surface area contributed by atoms with E-state index in [1.807, 2.05) is 49.3 Å². The van der Waals surface area contributed by atoms with Crippen LogP contribution in [0.4, 0.5) is 11.5 Å². The third-order valence-electron chi connectivity index (χ3n) is 3.57. The van der Waals surface area contributed by atoms with Gasteiger partial charge in [-0.2, -0.15) is 5.10 Å². The summed E-state index contributed by atoms with van der Waals surface area (Å²) in [7, 11) is 3.89. The summed E-state index contributed by atoms with van der Waals surface area (Å²) in [5.41, 5.74) is 8.08. The number of fused-ring (bicyclic) bond motifs is 1. The van der Waals surface area contributed by atoms with E-state index in [1.165, 1.54) is 12.4 Å². The minimum absolute atomic E-state index is 0.167. The molecule has 3 N–H and O–H groups in total. The summed E-state index contributed by atoms with van der Waals surface area (Å²) in [6.07, 6.45) is 4.75. The number of nitrogens with one attached hydrogen (secondary N) is 1. The average molecular weight is 463 g/mol. The van der Waals surface area contributed by atoms with Gasteiger partial charge in [0.1, 0.15) is 15.8 Å². The Labute approximate surface area is 164 Å². The monoisotopic (exact) mass is 463 g/mol. The minimum atomic E-state index is -0.167. The molecule has 0 bridgehead atoms. The quantitative estimate of drug-likeness (QED) is 0.444. The Bertz CT molecular complexity index is 963. The Hall–Kier alpha value is -2.53. The van der Waals surface area contributed by atoms with Crippen LogP contribution in [0, 0.1) is 3.70 Å². The van der Waals surface area contributed by atoms with Gasteiger partial charge in [-0.15, -0.1) is 0 Å². The number of hydrogen-bond acceptors (Lipinski definition) is 6. The lowest BCUT2D eigenvalue weighted by molar-refractivity contribution is -0.111. The molecule has 0 unspecified atom stereocenters. The van der Waals surface area contributed by atoms with E-state index in [9.17, 15) is 4.79 Å². The lowest BCUT2D eigenvalue weighted by Gasteiger charge is -2.06. The molecule has 1 aromatic carbocycles. The van der Waals surface area contributed by atoms with Crippen molar-refractivity contribution < 1.29 is 4.79 Å². The van der Waals surface area contributed by atoms with Crippen molar-refractivity contribution in [2.45, 2.75) is 0 Å². The highest BCUT2D eigenvalue weighted by Crippen LogP contribution is 2.25. The van der Waals surface area contributed by atoms with Gasteiger partial charge in [-0.05, 0) is 61.0 Å². The highest BCUT2D eigenvalue weighted by atomic mass is 127. The molecule has 0 aliphatic carbocycles. The van der Waals surface area contributed by atoms with E-state index >= 15 is 0 Å². The maximum absolute atomic E-state index is 11.9. The Balaban J connectivity index is 1.79. The number of carbonyl (C=O) groups excluding carboxylic acids is 1. The molecule has 26 heavy (non-hydrogen) atoms. The van der Waals surface area contributed by atoms with Crippen LogP contribution in [0.25, 0.3) is 16.7 Å². The number of nitrogens with two attached hydrogens (primary N) is 1. The summed E-state index contributed by atoms with van der Waals surface area (Å²) in [5.74, 6) is 0.234. The van der Waals surface area contributed by atoms with E-state index in [0.717, 1.165) is 14.8 Å². The van der Waals surface area contributed by atoms with E-state index in [0.29, 0.717) is 23.7 Å². The van der Waals surface area contributed by atoms with Gasteiger partial charge in [-0.1, -0.05) is 6.08 Å². The first-order valence-electron chi connectivity index (χ1n) is 7.83. The van der Waals surface area contributed by atoms with Gasteiger partial charge in [0, 0.05) is 18.3 Å². The van der Waals surface area contributed by atoms with Crippen LogP contribution < -0.4 is 11.1 Å². The molecule has 3 rings (SSSR count). The van der Waals surface area contributed by atoms with E-state index in [1.54, 1.807) is 4.68 Å². The van der Waals surface area contributed by atoms with Gasteiger partial charge < -0.3 is 16.0 Å². The van der Waals surface area contributed by atoms with Crippen LogP contribution in [0.1, 0.15) is 0 Å². The number of benzene rings is 1. The molecule has 3 aromatic rings. The van der Waals surface area contributed by atoms with Crippen molar-refractivity contribution in [3.8, 4) is 5.69 Å². The number of rotatable bonds is 5. The molecule has 0 saturated heterocycles. The predicted molar refractivity (Wildman–Crippen MR) is 110 cm³/mol. The van der Waals surface area contributed by atoms with Crippen molar-refractivity contribution in [3.05, 3.63) is 46.4 Å². The topological polar surface area (TPSA) is 102 Å². The summed E-state index contributed by atoms with van der Waals surface area (Å²) in [6, 6.07) is 7.36. The van der Waals surface area contributed by atoms with Gasteiger partial charge in [-0.3, -0.25) is 4.79 Å². The molecule has 2 heterocycles. The van der Waals surface area contributed by atoms with Crippen LogP contribution in [0.3, 0.4) is 0 Å². The molecule has 0 spiro atoms. The van der Waals surface area contributed by atoms with E-state index in [-0.39, 0.29) is 5.91 Å².